The van der Waals surface area contributed by atoms with Crippen molar-refractivity contribution in [1.82, 2.24) is 14.8 Å². The zero-order valence-corrected chi connectivity index (χ0v) is 20.5. The van der Waals surface area contributed by atoms with Crippen molar-refractivity contribution in [2.24, 2.45) is 0 Å². The van der Waals surface area contributed by atoms with Gasteiger partial charge in [0.15, 0.2) is 16.7 Å². The van der Waals surface area contributed by atoms with Crippen LogP contribution in [0.25, 0.3) is 5.69 Å². The van der Waals surface area contributed by atoms with Gasteiger partial charge in [0.05, 0.1) is 18.7 Å². The molecule has 10 heteroatoms. The fraction of sp³-hybridized carbons (Fsp3) is 0.192. The van der Waals surface area contributed by atoms with Crippen LogP contribution in [-0.2, 0) is 6.61 Å². The zero-order valence-electron chi connectivity index (χ0n) is 19.7. The number of hydrogen-bond acceptors (Lipinski definition) is 8. The number of nitriles is 1. The first-order chi connectivity index (χ1) is 17.5. The molecule has 0 amide bonds. The number of methoxy groups -OCH3 is 1. The molecule has 1 heterocycles. The summed E-state index contributed by atoms with van der Waals surface area (Å²) in [6, 6.07) is 24.2. The minimum absolute atomic E-state index is 0.186. The van der Waals surface area contributed by atoms with Crippen LogP contribution in [0.1, 0.15) is 27.8 Å². The molecular weight excluding hydrogens is 478 g/mol. The molecule has 0 aliphatic heterocycles. The smallest absolute Gasteiger partial charge is 0.220 e. The second-order valence-corrected chi connectivity index (χ2v) is 8.96. The van der Waals surface area contributed by atoms with E-state index in [-0.39, 0.29) is 18.1 Å². The van der Waals surface area contributed by atoms with Crippen LogP contribution >= 0.6 is 11.8 Å². The lowest BCUT2D eigenvalue weighted by atomic mass is 10.1. The molecule has 0 unspecified atom stereocenters. The minimum Gasteiger partial charge on any atom is -0.493 e. The van der Waals surface area contributed by atoms with Crippen molar-refractivity contribution in [1.29, 1.82) is 5.26 Å². The number of thioether (sulfide) groups is 1. The van der Waals surface area contributed by atoms with Crippen LogP contribution in [-0.4, -0.2) is 33.3 Å². The van der Waals surface area contributed by atoms with Crippen LogP contribution in [0.15, 0.2) is 78.0 Å². The van der Waals surface area contributed by atoms with Gasteiger partial charge in [0.2, 0.25) is 6.54 Å². The van der Waals surface area contributed by atoms with Gasteiger partial charge in [-0.15, -0.1) is 10.2 Å². The summed E-state index contributed by atoms with van der Waals surface area (Å²) in [5.41, 5.74) is 2.86. The van der Waals surface area contributed by atoms with Gasteiger partial charge >= 0.3 is 0 Å². The Morgan fingerprint density at radius 3 is 2.56 bits per heavy atom. The molecule has 1 atom stereocenters. The number of nitrogens with zero attached hydrogens (tertiary/aromatic N) is 5. The van der Waals surface area contributed by atoms with Gasteiger partial charge in [-0.1, -0.05) is 54.2 Å². The summed E-state index contributed by atoms with van der Waals surface area (Å²) in [5, 5.41) is 29.3. The number of benzene rings is 3. The molecule has 4 aromatic rings. The SMILES string of the molecule is COc1cc([C@H](C[N+](=O)[O-])Sc2nnc(C)n2-c2ccccc2)ccc1OCc1ccccc1C#N. The molecule has 0 spiro atoms. The molecule has 36 heavy (non-hydrogen) atoms. The van der Waals surface area contributed by atoms with Crippen molar-refractivity contribution >= 4 is 11.8 Å². The summed E-state index contributed by atoms with van der Waals surface area (Å²) < 4.78 is 13.3. The highest BCUT2D eigenvalue weighted by atomic mass is 32.2. The molecule has 0 saturated heterocycles. The fourth-order valence-corrected chi connectivity index (χ4v) is 4.85. The van der Waals surface area contributed by atoms with Crippen LogP contribution in [0.5, 0.6) is 11.5 Å². The molecule has 4 rings (SSSR count). The van der Waals surface area contributed by atoms with E-state index in [0.29, 0.717) is 33.6 Å². The van der Waals surface area contributed by atoms with Crippen molar-refractivity contribution in [2.45, 2.75) is 23.9 Å². The number of aromatic nitrogens is 3. The molecular formula is C26H23N5O4S. The summed E-state index contributed by atoms with van der Waals surface area (Å²) in [7, 11) is 1.51. The number of aryl methyl sites for hydroxylation is 1. The van der Waals surface area contributed by atoms with Gasteiger partial charge in [0.1, 0.15) is 17.7 Å². The molecule has 0 bridgehead atoms. The second kappa shape index (κ2) is 11.4. The van der Waals surface area contributed by atoms with E-state index in [1.807, 2.05) is 54.0 Å². The first kappa shape index (κ1) is 24.8. The van der Waals surface area contributed by atoms with E-state index in [1.54, 1.807) is 30.3 Å². The number of ether oxygens (including phenoxy) is 2. The highest BCUT2D eigenvalue weighted by Crippen LogP contribution is 2.39. The van der Waals surface area contributed by atoms with Crippen LogP contribution in [0, 0.1) is 28.4 Å². The van der Waals surface area contributed by atoms with Gasteiger partial charge in [-0.25, -0.2) is 0 Å². The maximum atomic E-state index is 11.5. The highest BCUT2D eigenvalue weighted by molar-refractivity contribution is 7.99. The summed E-state index contributed by atoms with van der Waals surface area (Å²) in [6.07, 6.45) is 0. The van der Waals surface area contributed by atoms with E-state index >= 15 is 0 Å². The summed E-state index contributed by atoms with van der Waals surface area (Å²) >= 11 is 1.27. The van der Waals surface area contributed by atoms with E-state index in [9.17, 15) is 15.4 Å². The van der Waals surface area contributed by atoms with E-state index in [2.05, 4.69) is 16.3 Å². The maximum absolute atomic E-state index is 11.5. The lowest BCUT2D eigenvalue weighted by Gasteiger charge is -2.17. The molecule has 0 aliphatic rings. The van der Waals surface area contributed by atoms with Crippen molar-refractivity contribution < 1.29 is 14.4 Å². The normalized spacial score (nSPS) is 11.5. The van der Waals surface area contributed by atoms with Gasteiger partial charge in [-0.2, -0.15) is 5.26 Å². The second-order valence-electron chi connectivity index (χ2n) is 7.79. The van der Waals surface area contributed by atoms with Gasteiger partial charge < -0.3 is 9.47 Å². The number of hydrogen-bond donors (Lipinski definition) is 0. The standard InChI is InChI=1S/C26H23N5O4S/c1-18-28-29-26(31(18)22-10-4-3-5-11-22)36-25(16-30(32)33)19-12-13-23(24(14-19)34-2)35-17-21-9-7-6-8-20(21)15-27/h3-14,25H,16-17H2,1-2H3/t25-/m0/s1. The Bertz CT molecular complexity index is 1400. The third-order valence-corrected chi connectivity index (χ3v) is 6.63. The van der Waals surface area contributed by atoms with E-state index < -0.39 is 5.25 Å². The number of rotatable bonds is 10. The van der Waals surface area contributed by atoms with E-state index in [1.165, 1.54) is 18.9 Å². The highest BCUT2D eigenvalue weighted by Gasteiger charge is 2.25. The van der Waals surface area contributed by atoms with Gasteiger partial charge in [-0.05, 0) is 42.8 Å². The molecule has 182 valence electrons. The fourth-order valence-electron chi connectivity index (χ4n) is 3.68. The maximum Gasteiger partial charge on any atom is 0.220 e. The minimum atomic E-state index is -0.548. The van der Waals surface area contributed by atoms with Crippen molar-refractivity contribution in [3.8, 4) is 23.3 Å². The third-order valence-electron chi connectivity index (χ3n) is 5.45. The van der Waals surface area contributed by atoms with Crippen LogP contribution in [0.3, 0.4) is 0 Å². The average Bonchev–Trinajstić information content (AvgIpc) is 3.27. The largest absolute Gasteiger partial charge is 0.493 e. The molecule has 0 aliphatic carbocycles. The van der Waals surface area contributed by atoms with E-state index in [0.717, 1.165) is 11.3 Å². The molecule has 9 nitrogen and oxygen atoms in total. The molecule has 0 radical (unpaired) electrons. The molecule has 3 aromatic carbocycles. The Balaban J connectivity index is 1.61. The first-order valence-electron chi connectivity index (χ1n) is 11.0. The monoisotopic (exact) mass is 501 g/mol. The van der Waals surface area contributed by atoms with Gasteiger partial charge in [-0.3, -0.25) is 14.7 Å². The summed E-state index contributed by atoms with van der Waals surface area (Å²) in [6.45, 7) is 1.71. The summed E-state index contributed by atoms with van der Waals surface area (Å²) in [4.78, 5) is 11.2. The van der Waals surface area contributed by atoms with E-state index in [4.69, 9.17) is 9.47 Å². The Kier molecular flexibility index (Phi) is 7.82. The lowest BCUT2D eigenvalue weighted by molar-refractivity contribution is -0.479. The Labute approximate surface area is 212 Å². The predicted molar refractivity (Wildman–Crippen MR) is 135 cm³/mol. The topological polar surface area (TPSA) is 116 Å². The zero-order chi connectivity index (χ0) is 25.5. The number of para-hydroxylation sites is 1. The Morgan fingerprint density at radius 1 is 1.08 bits per heavy atom. The Morgan fingerprint density at radius 2 is 1.83 bits per heavy atom. The summed E-state index contributed by atoms with van der Waals surface area (Å²) in [5.74, 6) is 1.60. The predicted octanol–water partition coefficient (Wildman–Crippen LogP) is 5.15. The van der Waals surface area contributed by atoms with Gasteiger partial charge in [0, 0.05) is 16.2 Å². The molecule has 0 N–H and O–H groups in total. The van der Waals surface area contributed by atoms with Crippen molar-refractivity contribution in [3.63, 3.8) is 0 Å². The molecule has 0 fully saturated rings. The third kappa shape index (κ3) is 5.64. The Hall–Kier alpha value is -4.36. The van der Waals surface area contributed by atoms with Gasteiger partial charge in [0.25, 0.3) is 0 Å². The number of nitro groups is 1. The quantitative estimate of drug-likeness (QED) is 0.166. The van der Waals surface area contributed by atoms with Crippen LogP contribution < -0.4 is 9.47 Å². The molecule has 0 saturated carbocycles. The molecule has 1 aromatic heterocycles. The average molecular weight is 502 g/mol. The van der Waals surface area contributed by atoms with Crippen molar-refractivity contribution in [3.05, 3.63) is 105 Å². The van der Waals surface area contributed by atoms with Crippen molar-refractivity contribution in [2.75, 3.05) is 13.7 Å². The first-order valence-corrected chi connectivity index (χ1v) is 11.9. The van der Waals surface area contributed by atoms with Crippen LogP contribution in [0.2, 0.25) is 0 Å². The van der Waals surface area contributed by atoms with Crippen LogP contribution in [0.4, 0.5) is 0 Å². The lowest BCUT2D eigenvalue weighted by Crippen LogP contribution is -2.11.